The Kier molecular flexibility index (Phi) is 4.54. The number of rotatable bonds is 4. The van der Waals surface area contributed by atoms with Crippen molar-refractivity contribution in [2.75, 3.05) is 5.32 Å². The molecule has 1 amide bonds. The first-order valence-electron chi connectivity index (χ1n) is 9.01. The van der Waals surface area contributed by atoms with Gasteiger partial charge in [-0.1, -0.05) is 41.0 Å². The van der Waals surface area contributed by atoms with Crippen molar-refractivity contribution in [1.82, 2.24) is 9.97 Å². The second-order valence-corrected chi connectivity index (χ2v) is 8.29. The Labute approximate surface area is 175 Å². The van der Waals surface area contributed by atoms with Gasteiger partial charge in [0.2, 0.25) is 6.10 Å². The fourth-order valence-electron chi connectivity index (χ4n) is 3.23. The van der Waals surface area contributed by atoms with Gasteiger partial charge in [0.25, 0.3) is 5.91 Å². The minimum Gasteiger partial charge on any atom is -0.382 e. The number of aromatic nitrogens is 2. The van der Waals surface area contributed by atoms with Crippen molar-refractivity contribution in [2.45, 2.75) is 12.5 Å². The molecular weight excluding hydrogens is 408 g/mol. The number of amides is 1. The second kappa shape index (κ2) is 7.35. The van der Waals surface area contributed by atoms with Crippen molar-refractivity contribution in [3.63, 3.8) is 0 Å². The minimum atomic E-state index is -0.686. The first-order valence-corrected chi connectivity index (χ1v) is 10.2. The van der Waals surface area contributed by atoms with Crippen LogP contribution in [0.5, 0.6) is 0 Å². The van der Waals surface area contributed by atoms with Crippen LogP contribution >= 0.6 is 22.9 Å². The zero-order chi connectivity index (χ0) is 19.8. The van der Waals surface area contributed by atoms with Gasteiger partial charge in [0.05, 0.1) is 25.9 Å². The molecule has 4 aromatic rings. The van der Waals surface area contributed by atoms with E-state index in [9.17, 15) is 4.79 Å². The van der Waals surface area contributed by atoms with Gasteiger partial charge in [0, 0.05) is 12.0 Å². The summed E-state index contributed by atoms with van der Waals surface area (Å²) in [5, 5.41) is 7.01. The number of anilines is 1. The molecule has 5 rings (SSSR count). The van der Waals surface area contributed by atoms with Crippen molar-refractivity contribution in [3.05, 3.63) is 69.9 Å². The van der Waals surface area contributed by atoms with Crippen LogP contribution in [0, 0.1) is 0 Å². The molecule has 0 spiro atoms. The van der Waals surface area contributed by atoms with Gasteiger partial charge in [-0.25, -0.2) is 4.98 Å². The number of aromatic amines is 1. The van der Waals surface area contributed by atoms with E-state index in [1.807, 2.05) is 54.6 Å². The lowest BCUT2D eigenvalue weighted by Crippen LogP contribution is -2.28. The predicted molar refractivity (Wildman–Crippen MR) is 116 cm³/mol. The Morgan fingerprint density at radius 3 is 2.79 bits per heavy atom. The van der Waals surface area contributed by atoms with Crippen molar-refractivity contribution in [3.8, 4) is 11.4 Å². The smallest absolute Gasteiger partial charge is 0.268 e. The molecule has 1 unspecified atom stereocenters. The van der Waals surface area contributed by atoms with E-state index in [2.05, 4.69) is 20.4 Å². The summed E-state index contributed by atoms with van der Waals surface area (Å²) in [4.78, 5) is 27.0. The molecule has 6 nitrogen and oxygen atoms in total. The van der Waals surface area contributed by atoms with E-state index in [0.717, 1.165) is 27.2 Å². The molecule has 29 heavy (non-hydrogen) atoms. The van der Waals surface area contributed by atoms with E-state index < -0.39 is 6.10 Å². The van der Waals surface area contributed by atoms with Crippen LogP contribution < -0.4 is 5.32 Å². The van der Waals surface area contributed by atoms with Crippen molar-refractivity contribution >= 4 is 51.3 Å². The standard InChI is InChI=1S/C21H15ClN4O2S/c22-19-10-9-18(29-19)16-11-17(28-26-16)21(27)25-13-6-2-1-5-12(13)20-23-14-7-3-4-8-15(14)24-20/h1-10,17H,11H2,(H,23,24)(H,25,27). The molecule has 0 fully saturated rings. The Bertz CT molecular complexity index is 1210. The molecule has 0 bridgehead atoms. The normalized spacial score (nSPS) is 15.9. The topological polar surface area (TPSA) is 79.4 Å². The summed E-state index contributed by atoms with van der Waals surface area (Å²) < 4.78 is 0.676. The van der Waals surface area contributed by atoms with Gasteiger partial charge in [0.15, 0.2) is 0 Å². The van der Waals surface area contributed by atoms with Gasteiger partial charge in [-0.2, -0.15) is 0 Å². The summed E-state index contributed by atoms with van der Waals surface area (Å²) in [6, 6.07) is 19.0. The third-order valence-corrected chi connectivity index (χ3v) is 5.93. The number of carbonyl (C=O) groups excluding carboxylic acids is 1. The highest BCUT2D eigenvalue weighted by Crippen LogP contribution is 2.29. The van der Waals surface area contributed by atoms with Gasteiger partial charge in [0.1, 0.15) is 11.5 Å². The van der Waals surface area contributed by atoms with E-state index in [-0.39, 0.29) is 5.91 Å². The summed E-state index contributed by atoms with van der Waals surface area (Å²) in [5.41, 5.74) is 4.01. The van der Waals surface area contributed by atoms with Gasteiger partial charge in [-0.15, -0.1) is 11.3 Å². The fraction of sp³-hybridized carbons (Fsp3) is 0.0952. The molecule has 1 aliphatic rings. The molecule has 0 radical (unpaired) electrons. The fourth-order valence-corrected chi connectivity index (χ4v) is 4.26. The zero-order valence-electron chi connectivity index (χ0n) is 15.1. The minimum absolute atomic E-state index is 0.255. The van der Waals surface area contributed by atoms with Crippen LogP contribution in [0.4, 0.5) is 5.69 Å². The summed E-state index contributed by atoms with van der Waals surface area (Å²) in [6.45, 7) is 0. The van der Waals surface area contributed by atoms with Crippen LogP contribution in [0.25, 0.3) is 22.4 Å². The number of carbonyl (C=O) groups is 1. The van der Waals surface area contributed by atoms with Crippen molar-refractivity contribution in [1.29, 1.82) is 0 Å². The van der Waals surface area contributed by atoms with Crippen LogP contribution in [-0.4, -0.2) is 27.7 Å². The van der Waals surface area contributed by atoms with Crippen LogP contribution in [0.1, 0.15) is 11.3 Å². The van der Waals surface area contributed by atoms with E-state index >= 15 is 0 Å². The lowest BCUT2D eigenvalue weighted by atomic mass is 10.1. The lowest BCUT2D eigenvalue weighted by Gasteiger charge is -2.12. The molecular formula is C21H15ClN4O2S. The third kappa shape index (κ3) is 3.50. The molecule has 2 aromatic carbocycles. The molecule has 0 aliphatic carbocycles. The number of imidazole rings is 1. The van der Waals surface area contributed by atoms with Crippen molar-refractivity contribution < 1.29 is 9.63 Å². The number of halogens is 1. The second-order valence-electron chi connectivity index (χ2n) is 6.58. The summed E-state index contributed by atoms with van der Waals surface area (Å²) in [7, 11) is 0. The molecule has 144 valence electrons. The van der Waals surface area contributed by atoms with E-state index in [1.54, 1.807) is 6.07 Å². The number of thiophene rings is 1. The molecule has 8 heteroatoms. The number of hydrogen-bond acceptors (Lipinski definition) is 5. The molecule has 2 aromatic heterocycles. The average Bonchev–Trinajstić information content (AvgIpc) is 3.47. The number of H-pyrrole nitrogens is 1. The van der Waals surface area contributed by atoms with Crippen LogP contribution in [0.3, 0.4) is 0 Å². The zero-order valence-corrected chi connectivity index (χ0v) is 16.6. The molecule has 2 N–H and O–H groups in total. The Morgan fingerprint density at radius 2 is 1.97 bits per heavy atom. The average molecular weight is 423 g/mol. The van der Waals surface area contributed by atoms with Crippen LogP contribution in [0.2, 0.25) is 4.34 Å². The number of hydrogen-bond donors (Lipinski definition) is 2. The quantitative estimate of drug-likeness (QED) is 0.481. The number of benzene rings is 2. The Balaban J connectivity index is 1.35. The van der Waals surface area contributed by atoms with Gasteiger partial charge in [-0.3, -0.25) is 4.79 Å². The highest BCUT2D eigenvalue weighted by molar-refractivity contribution is 7.18. The highest BCUT2D eigenvalue weighted by atomic mass is 35.5. The number of fused-ring (bicyclic) bond motifs is 1. The van der Waals surface area contributed by atoms with Gasteiger partial charge < -0.3 is 15.1 Å². The molecule has 1 atom stereocenters. The maximum absolute atomic E-state index is 12.8. The lowest BCUT2D eigenvalue weighted by molar-refractivity contribution is -0.125. The SMILES string of the molecule is O=C(Nc1ccccc1-c1nc2ccccc2[nH]1)C1CC(c2ccc(Cl)s2)=NO1. The van der Waals surface area contributed by atoms with Crippen molar-refractivity contribution in [2.24, 2.45) is 5.16 Å². The predicted octanol–water partition coefficient (Wildman–Crippen LogP) is 5.08. The molecule has 0 saturated carbocycles. The van der Waals surface area contributed by atoms with E-state index in [1.165, 1.54) is 11.3 Å². The van der Waals surface area contributed by atoms with Crippen LogP contribution in [0.15, 0.2) is 65.8 Å². The summed E-state index contributed by atoms with van der Waals surface area (Å²) in [5.74, 6) is 0.439. The largest absolute Gasteiger partial charge is 0.382 e. The Morgan fingerprint density at radius 1 is 1.14 bits per heavy atom. The van der Waals surface area contributed by atoms with Gasteiger partial charge >= 0.3 is 0 Å². The molecule has 0 saturated heterocycles. The maximum atomic E-state index is 12.8. The maximum Gasteiger partial charge on any atom is 0.268 e. The first-order chi connectivity index (χ1) is 14.2. The van der Waals surface area contributed by atoms with Gasteiger partial charge in [-0.05, 0) is 36.4 Å². The Hall–Kier alpha value is -3.16. The monoisotopic (exact) mass is 422 g/mol. The number of oxime groups is 1. The summed E-state index contributed by atoms with van der Waals surface area (Å²) in [6.07, 6.45) is -0.287. The third-order valence-electron chi connectivity index (χ3n) is 4.65. The summed E-state index contributed by atoms with van der Waals surface area (Å²) >= 11 is 7.40. The van der Waals surface area contributed by atoms with E-state index in [4.69, 9.17) is 16.4 Å². The first kappa shape index (κ1) is 17.9. The highest BCUT2D eigenvalue weighted by Gasteiger charge is 2.30. The number of para-hydroxylation sites is 3. The number of nitrogens with zero attached hydrogens (tertiary/aromatic N) is 2. The number of nitrogens with one attached hydrogen (secondary N) is 2. The molecule has 1 aliphatic heterocycles. The molecule has 3 heterocycles. The van der Waals surface area contributed by atoms with E-state index in [0.29, 0.717) is 22.3 Å². The van der Waals surface area contributed by atoms with Crippen LogP contribution in [-0.2, 0) is 9.63 Å².